The maximum Gasteiger partial charge on any atom is 0.270 e. The van der Waals surface area contributed by atoms with Crippen LogP contribution in [0.2, 0.25) is 0 Å². The lowest BCUT2D eigenvalue weighted by Crippen LogP contribution is -2.55. The van der Waals surface area contributed by atoms with Gasteiger partial charge in [0.15, 0.2) is 0 Å². The Morgan fingerprint density at radius 1 is 1.46 bits per heavy atom. The zero-order valence-electron chi connectivity index (χ0n) is 15.1. The van der Waals surface area contributed by atoms with Gasteiger partial charge in [-0.25, -0.2) is 8.42 Å². The van der Waals surface area contributed by atoms with Gasteiger partial charge < -0.3 is 10.6 Å². The molecule has 1 aliphatic heterocycles. The minimum Gasteiger partial charge on any atom is -0.341 e. The fourth-order valence-corrected chi connectivity index (χ4v) is 4.06. The molecule has 0 bridgehead atoms. The zero-order valence-corrected chi connectivity index (χ0v) is 15.9. The number of hydrogen-bond donors (Lipinski definition) is 1. The number of carbonyl (C=O) groups excluding carboxylic acids is 1. The van der Waals surface area contributed by atoms with Gasteiger partial charge in [-0.1, -0.05) is 19.9 Å². The number of hydrogen-bond acceptors (Lipinski definition) is 6. The van der Waals surface area contributed by atoms with Crippen molar-refractivity contribution in [3.8, 4) is 0 Å². The summed E-state index contributed by atoms with van der Waals surface area (Å²) in [6.07, 6.45) is 0.653. The first kappa shape index (κ1) is 20.3. The summed E-state index contributed by atoms with van der Waals surface area (Å²) in [5.41, 5.74) is 5.49. The SMILES string of the molecule is CN(CC(=O)N1CCC(N)C(C)(C)C1)S(=O)(=O)c1cccc([N+](=O)[O-])c1. The van der Waals surface area contributed by atoms with E-state index in [1.807, 2.05) is 13.8 Å². The highest BCUT2D eigenvalue weighted by Gasteiger charge is 2.36. The maximum absolute atomic E-state index is 12.6. The maximum atomic E-state index is 12.6. The number of rotatable bonds is 5. The molecule has 1 heterocycles. The molecule has 1 atom stereocenters. The highest BCUT2D eigenvalue weighted by atomic mass is 32.2. The first-order chi connectivity index (χ1) is 11.9. The van der Waals surface area contributed by atoms with E-state index in [2.05, 4.69) is 0 Å². The van der Waals surface area contributed by atoms with Crippen LogP contribution in [0.5, 0.6) is 0 Å². The quantitative estimate of drug-likeness (QED) is 0.591. The summed E-state index contributed by atoms with van der Waals surface area (Å²) < 4.78 is 26.1. The lowest BCUT2D eigenvalue weighted by Gasteiger charge is -2.42. The second-order valence-electron chi connectivity index (χ2n) is 7.21. The number of likely N-dealkylation sites (N-methyl/N-ethyl adjacent to an activating group) is 1. The topological polar surface area (TPSA) is 127 Å². The summed E-state index contributed by atoms with van der Waals surface area (Å²) in [7, 11) is -2.73. The second-order valence-corrected chi connectivity index (χ2v) is 9.26. The van der Waals surface area contributed by atoms with Gasteiger partial charge in [-0.2, -0.15) is 4.31 Å². The summed E-state index contributed by atoms with van der Waals surface area (Å²) in [4.78, 5) is 24.1. The number of nitrogens with zero attached hydrogens (tertiary/aromatic N) is 3. The summed E-state index contributed by atoms with van der Waals surface area (Å²) in [5.74, 6) is -0.318. The van der Waals surface area contributed by atoms with Crippen LogP contribution in [0.4, 0.5) is 5.69 Å². The molecule has 0 radical (unpaired) electrons. The molecule has 9 nitrogen and oxygen atoms in total. The number of piperidine rings is 1. The fraction of sp³-hybridized carbons (Fsp3) is 0.562. The van der Waals surface area contributed by atoms with Gasteiger partial charge in [-0.3, -0.25) is 14.9 Å². The fourth-order valence-electron chi connectivity index (χ4n) is 2.90. The van der Waals surface area contributed by atoms with Gasteiger partial charge in [-0.15, -0.1) is 0 Å². The van der Waals surface area contributed by atoms with Crippen LogP contribution in [0.3, 0.4) is 0 Å². The van der Waals surface area contributed by atoms with Crippen molar-refractivity contribution in [2.45, 2.75) is 31.2 Å². The molecule has 0 saturated carbocycles. The van der Waals surface area contributed by atoms with Gasteiger partial charge >= 0.3 is 0 Å². The number of sulfonamides is 1. The third-order valence-corrected chi connectivity index (χ3v) is 6.56. The van der Waals surface area contributed by atoms with E-state index in [1.54, 1.807) is 4.90 Å². The predicted octanol–water partition coefficient (Wildman–Crippen LogP) is 0.801. The Bertz CT molecular complexity index is 809. The van der Waals surface area contributed by atoms with E-state index in [0.29, 0.717) is 19.5 Å². The van der Waals surface area contributed by atoms with Crippen molar-refractivity contribution in [1.29, 1.82) is 0 Å². The van der Waals surface area contributed by atoms with Gasteiger partial charge in [-0.05, 0) is 17.9 Å². The normalized spacial score (nSPS) is 20.2. The highest BCUT2D eigenvalue weighted by molar-refractivity contribution is 7.89. The van der Waals surface area contributed by atoms with Crippen LogP contribution in [0.15, 0.2) is 29.2 Å². The molecule has 0 aliphatic carbocycles. The number of nitro groups is 1. The largest absolute Gasteiger partial charge is 0.341 e. The van der Waals surface area contributed by atoms with E-state index in [1.165, 1.54) is 25.2 Å². The number of amides is 1. The Kier molecular flexibility index (Phi) is 5.69. The molecule has 1 unspecified atom stereocenters. The van der Waals surface area contributed by atoms with Crippen molar-refractivity contribution in [1.82, 2.24) is 9.21 Å². The lowest BCUT2D eigenvalue weighted by atomic mass is 9.80. The van der Waals surface area contributed by atoms with Gasteiger partial charge in [0.25, 0.3) is 5.69 Å². The smallest absolute Gasteiger partial charge is 0.270 e. The molecule has 1 aromatic rings. The number of benzene rings is 1. The third-order valence-electron chi connectivity index (χ3n) is 4.76. The summed E-state index contributed by atoms with van der Waals surface area (Å²) in [6, 6.07) is 4.75. The molecule has 1 amide bonds. The van der Waals surface area contributed by atoms with Crippen LogP contribution in [0.1, 0.15) is 20.3 Å². The molecule has 0 spiro atoms. The number of likely N-dealkylation sites (tertiary alicyclic amines) is 1. The van der Waals surface area contributed by atoms with Crippen LogP contribution in [-0.2, 0) is 14.8 Å². The average Bonchev–Trinajstić information content (AvgIpc) is 2.57. The predicted molar refractivity (Wildman–Crippen MR) is 95.9 cm³/mol. The Morgan fingerprint density at radius 2 is 2.12 bits per heavy atom. The third kappa shape index (κ3) is 4.19. The van der Waals surface area contributed by atoms with Gasteiger partial charge in [0, 0.05) is 38.3 Å². The number of carbonyl (C=O) groups is 1. The van der Waals surface area contributed by atoms with Gasteiger partial charge in [0.2, 0.25) is 15.9 Å². The van der Waals surface area contributed by atoms with Crippen LogP contribution < -0.4 is 5.73 Å². The van der Waals surface area contributed by atoms with Crippen molar-refractivity contribution in [2.75, 3.05) is 26.7 Å². The molecular formula is C16H24N4O5S. The van der Waals surface area contributed by atoms with E-state index < -0.39 is 14.9 Å². The Morgan fingerprint density at radius 3 is 2.69 bits per heavy atom. The molecule has 1 fully saturated rings. The van der Waals surface area contributed by atoms with Crippen LogP contribution >= 0.6 is 0 Å². The molecule has 1 aromatic carbocycles. The Hall–Kier alpha value is -2.04. The molecule has 1 aliphatic rings. The molecule has 26 heavy (non-hydrogen) atoms. The molecule has 10 heteroatoms. The van der Waals surface area contributed by atoms with Crippen LogP contribution in [0.25, 0.3) is 0 Å². The first-order valence-electron chi connectivity index (χ1n) is 8.19. The van der Waals surface area contributed by atoms with Crippen LogP contribution in [0, 0.1) is 15.5 Å². The number of non-ortho nitro benzene ring substituents is 1. The van der Waals surface area contributed by atoms with Gasteiger partial charge in [0.1, 0.15) is 0 Å². The standard InChI is InChI=1S/C16H24N4O5S/c1-16(2)11-19(8-7-14(16)17)15(21)10-18(3)26(24,25)13-6-4-5-12(9-13)20(22)23/h4-6,9,14H,7-8,10-11,17H2,1-3H3. The monoisotopic (exact) mass is 384 g/mol. The second kappa shape index (κ2) is 7.29. The number of nitrogens with two attached hydrogens (primary N) is 1. The Balaban J connectivity index is 2.13. The minimum atomic E-state index is -4.01. The van der Waals surface area contributed by atoms with E-state index in [4.69, 9.17) is 5.73 Å². The molecule has 1 saturated heterocycles. The number of nitro benzene ring substituents is 1. The van der Waals surface area contributed by atoms with Crippen molar-refractivity contribution in [3.05, 3.63) is 34.4 Å². The van der Waals surface area contributed by atoms with E-state index in [-0.39, 0.29) is 34.5 Å². The van der Waals surface area contributed by atoms with Crippen molar-refractivity contribution < 1.29 is 18.1 Å². The van der Waals surface area contributed by atoms with Crippen molar-refractivity contribution in [2.24, 2.45) is 11.1 Å². The van der Waals surface area contributed by atoms with E-state index in [9.17, 15) is 23.3 Å². The summed E-state index contributed by atoms with van der Waals surface area (Å²) in [6.45, 7) is 4.55. The molecule has 2 N–H and O–H groups in total. The zero-order chi connectivity index (χ0) is 19.7. The first-order valence-corrected chi connectivity index (χ1v) is 9.63. The summed E-state index contributed by atoms with van der Waals surface area (Å²) >= 11 is 0. The summed E-state index contributed by atoms with van der Waals surface area (Å²) in [5, 5.41) is 10.8. The van der Waals surface area contributed by atoms with Crippen molar-refractivity contribution >= 4 is 21.6 Å². The Labute approximate surface area is 153 Å². The molecule has 2 rings (SSSR count). The average molecular weight is 384 g/mol. The van der Waals surface area contributed by atoms with E-state index in [0.717, 1.165) is 10.4 Å². The van der Waals surface area contributed by atoms with E-state index >= 15 is 0 Å². The van der Waals surface area contributed by atoms with Crippen molar-refractivity contribution in [3.63, 3.8) is 0 Å². The lowest BCUT2D eigenvalue weighted by molar-refractivity contribution is -0.385. The molecule has 144 valence electrons. The molecule has 0 aromatic heterocycles. The minimum absolute atomic E-state index is 0.0159. The molecular weight excluding hydrogens is 360 g/mol. The highest BCUT2D eigenvalue weighted by Crippen LogP contribution is 2.28. The van der Waals surface area contributed by atoms with Crippen LogP contribution in [-0.4, -0.2) is 61.2 Å². The van der Waals surface area contributed by atoms with Gasteiger partial charge in [0.05, 0.1) is 16.4 Å².